The van der Waals surface area contributed by atoms with Crippen LogP contribution in [0.4, 0.5) is 0 Å². The van der Waals surface area contributed by atoms with Crippen LogP contribution in [0, 0.1) is 6.92 Å². The Balaban J connectivity index is 2.77. The third-order valence-electron chi connectivity index (χ3n) is 2.03. The zero-order valence-corrected chi connectivity index (χ0v) is 8.14. The van der Waals surface area contributed by atoms with Gasteiger partial charge in [0.2, 0.25) is 0 Å². The third-order valence-corrected chi connectivity index (χ3v) is 2.03. The SMILES string of the molecule is Cc1cc(C(=O)O)n2nc(CN)cc2n1. The Morgan fingerprint density at radius 3 is 2.93 bits per heavy atom. The Morgan fingerprint density at radius 1 is 1.60 bits per heavy atom. The molecular formula is C9H10N4O2. The number of nitrogens with zero attached hydrogens (tertiary/aromatic N) is 3. The Kier molecular flexibility index (Phi) is 2.12. The molecule has 2 aromatic heterocycles. The fourth-order valence-electron chi connectivity index (χ4n) is 1.40. The normalized spacial score (nSPS) is 10.8. The second kappa shape index (κ2) is 3.32. The highest BCUT2D eigenvalue weighted by Gasteiger charge is 2.12. The van der Waals surface area contributed by atoms with Gasteiger partial charge in [0, 0.05) is 18.3 Å². The Morgan fingerprint density at radius 2 is 2.33 bits per heavy atom. The first-order chi connectivity index (χ1) is 7.11. The second-order valence-electron chi connectivity index (χ2n) is 3.20. The van der Waals surface area contributed by atoms with Crippen molar-refractivity contribution < 1.29 is 9.90 Å². The number of carboxylic acids is 1. The van der Waals surface area contributed by atoms with E-state index in [0.29, 0.717) is 17.0 Å². The molecule has 3 N–H and O–H groups in total. The highest BCUT2D eigenvalue weighted by molar-refractivity contribution is 5.86. The Bertz CT molecular complexity index is 532. The number of hydrogen-bond acceptors (Lipinski definition) is 4. The summed E-state index contributed by atoms with van der Waals surface area (Å²) in [6.45, 7) is 2.00. The maximum atomic E-state index is 10.9. The molecule has 2 rings (SSSR count). The number of rotatable bonds is 2. The number of carboxylic acid groups (broad SMARTS) is 1. The minimum atomic E-state index is -1.03. The number of aromatic carboxylic acids is 1. The fraction of sp³-hybridized carbons (Fsp3) is 0.222. The number of nitrogens with two attached hydrogens (primary N) is 1. The molecule has 0 unspecified atom stereocenters. The van der Waals surface area contributed by atoms with Crippen LogP contribution in [-0.4, -0.2) is 25.7 Å². The van der Waals surface area contributed by atoms with E-state index >= 15 is 0 Å². The minimum absolute atomic E-state index is 0.0946. The number of aromatic nitrogens is 3. The van der Waals surface area contributed by atoms with E-state index in [4.69, 9.17) is 10.8 Å². The van der Waals surface area contributed by atoms with Crippen LogP contribution in [-0.2, 0) is 6.54 Å². The van der Waals surface area contributed by atoms with Crippen LogP contribution in [0.25, 0.3) is 5.65 Å². The molecule has 0 aromatic carbocycles. The van der Waals surface area contributed by atoms with Gasteiger partial charge in [-0.2, -0.15) is 5.10 Å². The first-order valence-corrected chi connectivity index (χ1v) is 4.41. The lowest BCUT2D eigenvalue weighted by atomic mass is 10.3. The summed E-state index contributed by atoms with van der Waals surface area (Å²) >= 11 is 0. The van der Waals surface area contributed by atoms with E-state index in [2.05, 4.69) is 10.1 Å². The van der Waals surface area contributed by atoms with Crippen molar-refractivity contribution in [2.45, 2.75) is 13.5 Å². The largest absolute Gasteiger partial charge is 0.477 e. The van der Waals surface area contributed by atoms with E-state index in [1.165, 1.54) is 10.6 Å². The van der Waals surface area contributed by atoms with Crippen LogP contribution in [0.1, 0.15) is 21.9 Å². The van der Waals surface area contributed by atoms with E-state index in [9.17, 15) is 4.79 Å². The predicted molar refractivity (Wildman–Crippen MR) is 52.6 cm³/mol. The standard InChI is InChI=1S/C9H10N4O2/c1-5-2-7(9(14)15)13-8(11-5)3-6(4-10)12-13/h2-3H,4,10H2,1H3,(H,14,15). The van der Waals surface area contributed by atoms with Crippen LogP contribution in [0.15, 0.2) is 12.1 Å². The molecule has 0 radical (unpaired) electrons. The summed E-state index contributed by atoms with van der Waals surface area (Å²) in [7, 11) is 0. The summed E-state index contributed by atoms with van der Waals surface area (Å²) in [6, 6.07) is 3.15. The molecule has 0 atom stereocenters. The molecule has 2 heterocycles. The monoisotopic (exact) mass is 206 g/mol. The van der Waals surface area contributed by atoms with Crippen LogP contribution < -0.4 is 5.73 Å². The summed E-state index contributed by atoms with van der Waals surface area (Å²) in [4.78, 5) is 15.1. The van der Waals surface area contributed by atoms with E-state index in [1.807, 2.05) is 0 Å². The first kappa shape index (κ1) is 9.60. The Hall–Kier alpha value is -1.95. The van der Waals surface area contributed by atoms with Crippen molar-refractivity contribution in [3.05, 3.63) is 29.2 Å². The van der Waals surface area contributed by atoms with Gasteiger partial charge >= 0.3 is 5.97 Å². The van der Waals surface area contributed by atoms with Gasteiger partial charge < -0.3 is 10.8 Å². The first-order valence-electron chi connectivity index (χ1n) is 4.41. The average molecular weight is 206 g/mol. The third kappa shape index (κ3) is 1.55. The van der Waals surface area contributed by atoms with Crippen molar-refractivity contribution in [1.82, 2.24) is 14.6 Å². The van der Waals surface area contributed by atoms with Gasteiger partial charge in [-0.1, -0.05) is 0 Å². The zero-order valence-electron chi connectivity index (χ0n) is 8.14. The molecule has 6 heteroatoms. The van der Waals surface area contributed by atoms with Gasteiger partial charge in [-0.15, -0.1) is 0 Å². The van der Waals surface area contributed by atoms with Gasteiger partial charge in [0.05, 0.1) is 5.69 Å². The highest BCUT2D eigenvalue weighted by Crippen LogP contribution is 2.09. The lowest BCUT2D eigenvalue weighted by Gasteiger charge is -2.00. The van der Waals surface area contributed by atoms with Crippen LogP contribution in [0.3, 0.4) is 0 Å². The number of carbonyl (C=O) groups is 1. The molecule has 2 aromatic rings. The molecule has 6 nitrogen and oxygen atoms in total. The van der Waals surface area contributed by atoms with E-state index in [0.717, 1.165) is 0 Å². The molecule has 0 aliphatic carbocycles. The maximum Gasteiger partial charge on any atom is 0.354 e. The van der Waals surface area contributed by atoms with Crippen LogP contribution in [0.5, 0.6) is 0 Å². The van der Waals surface area contributed by atoms with E-state index in [-0.39, 0.29) is 12.2 Å². The van der Waals surface area contributed by atoms with Crippen molar-refractivity contribution >= 4 is 11.6 Å². The summed E-state index contributed by atoms with van der Waals surface area (Å²) < 4.78 is 1.29. The molecule has 15 heavy (non-hydrogen) atoms. The number of aryl methyl sites for hydroxylation is 1. The van der Waals surface area contributed by atoms with Gasteiger partial charge in [-0.05, 0) is 13.0 Å². The van der Waals surface area contributed by atoms with E-state index < -0.39 is 5.97 Å². The number of fused-ring (bicyclic) bond motifs is 1. The minimum Gasteiger partial charge on any atom is -0.477 e. The fourth-order valence-corrected chi connectivity index (χ4v) is 1.40. The van der Waals surface area contributed by atoms with Gasteiger partial charge in [0.25, 0.3) is 0 Å². The van der Waals surface area contributed by atoms with Crippen molar-refractivity contribution in [1.29, 1.82) is 0 Å². The molecule has 0 aliphatic rings. The van der Waals surface area contributed by atoms with Crippen LogP contribution >= 0.6 is 0 Å². The smallest absolute Gasteiger partial charge is 0.354 e. The molecular weight excluding hydrogens is 196 g/mol. The predicted octanol–water partition coefficient (Wildman–Crippen LogP) is 0.195. The Labute approximate surface area is 85.3 Å². The quantitative estimate of drug-likeness (QED) is 0.731. The van der Waals surface area contributed by atoms with Crippen molar-refractivity contribution in [2.75, 3.05) is 0 Å². The lowest BCUT2D eigenvalue weighted by Crippen LogP contribution is -2.08. The van der Waals surface area contributed by atoms with Crippen molar-refractivity contribution in [2.24, 2.45) is 5.73 Å². The number of hydrogen-bond donors (Lipinski definition) is 2. The highest BCUT2D eigenvalue weighted by atomic mass is 16.4. The van der Waals surface area contributed by atoms with Gasteiger partial charge in [0.1, 0.15) is 0 Å². The van der Waals surface area contributed by atoms with Gasteiger partial charge in [0.15, 0.2) is 11.3 Å². The molecule has 0 fully saturated rings. The van der Waals surface area contributed by atoms with Crippen molar-refractivity contribution in [3.63, 3.8) is 0 Å². The summed E-state index contributed by atoms with van der Waals surface area (Å²) in [5.74, 6) is -1.03. The second-order valence-corrected chi connectivity index (χ2v) is 3.20. The van der Waals surface area contributed by atoms with Gasteiger partial charge in [-0.25, -0.2) is 14.3 Å². The average Bonchev–Trinajstić information content (AvgIpc) is 2.58. The van der Waals surface area contributed by atoms with E-state index in [1.54, 1.807) is 13.0 Å². The summed E-state index contributed by atoms with van der Waals surface area (Å²) in [6.07, 6.45) is 0. The zero-order chi connectivity index (χ0) is 11.0. The maximum absolute atomic E-state index is 10.9. The molecule has 0 aliphatic heterocycles. The molecule has 0 spiro atoms. The van der Waals surface area contributed by atoms with Crippen molar-refractivity contribution in [3.8, 4) is 0 Å². The summed E-state index contributed by atoms with van der Waals surface area (Å²) in [5, 5.41) is 13.0. The topological polar surface area (TPSA) is 93.5 Å². The van der Waals surface area contributed by atoms with Crippen LogP contribution in [0.2, 0.25) is 0 Å². The molecule has 0 bridgehead atoms. The molecule has 0 saturated heterocycles. The lowest BCUT2D eigenvalue weighted by molar-refractivity contribution is 0.0687. The summed E-state index contributed by atoms with van der Waals surface area (Å²) in [5.41, 5.74) is 7.29. The molecule has 0 amide bonds. The molecule has 78 valence electrons. The van der Waals surface area contributed by atoms with Gasteiger partial charge in [-0.3, -0.25) is 0 Å². The molecule has 0 saturated carbocycles.